The predicted octanol–water partition coefficient (Wildman–Crippen LogP) is 4.69. The summed E-state index contributed by atoms with van der Waals surface area (Å²) in [6, 6.07) is 15.9. The van der Waals surface area contributed by atoms with Crippen molar-refractivity contribution in [3.8, 4) is 5.75 Å². The first-order valence-corrected chi connectivity index (χ1v) is 9.16. The molecule has 1 fully saturated rings. The third-order valence-corrected chi connectivity index (χ3v) is 5.44. The van der Waals surface area contributed by atoms with E-state index in [0.29, 0.717) is 6.04 Å². The third kappa shape index (κ3) is 3.42. The van der Waals surface area contributed by atoms with Gasteiger partial charge >= 0.3 is 0 Å². The highest BCUT2D eigenvalue weighted by molar-refractivity contribution is 5.84. The normalized spacial score (nSPS) is 18.1. The molecule has 1 aliphatic rings. The zero-order valence-corrected chi connectivity index (χ0v) is 15.1. The predicted molar refractivity (Wildman–Crippen MR) is 103 cm³/mol. The number of nitrogens with zero attached hydrogens (tertiary/aromatic N) is 1. The third-order valence-electron chi connectivity index (χ3n) is 5.44. The van der Waals surface area contributed by atoms with Crippen molar-refractivity contribution in [2.24, 2.45) is 0 Å². The molecule has 4 rings (SSSR count). The van der Waals surface area contributed by atoms with Crippen molar-refractivity contribution in [2.45, 2.75) is 38.8 Å². The van der Waals surface area contributed by atoms with E-state index in [1.54, 1.807) is 7.11 Å². The Morgan fingerprint density at radius 2 is 2.00 bits per heavy atom. The lowest BCUT2D eigenvalue weighted by atomic mass is 10.0. The highest BCUT2D eigenvalue weighted by Gasteiger charge is 2.25. The fourth-order valence-electron chi connectivity index (χ4n) is 3.97. The van der Waals surface area contributed by atoms with Gasteiger partial charge in [0.25, 0.3) is 0 Å². The van der Waals surface area contributed by atoms with E-state index in [1.165, 1.54) is 47.0 Å². The monoisotopic (exact) mass is 334 g/mol. The Morgan fingerprint density at radius 1 is 1.16 bits per heavy atom. The number of hydrogen-bond acceptors (Lipinski definition) is 2. The summed E-state index contributed by atoms with van der Waals surface area (Å²) in [5, 5.41) is 1.29. The minimum atomic E-state index is 0.617. The van der Waals surface area contributed by atoms with Crippen molar-refractivity contribution in [3.63, 3.8) is 0 Å². The van der Waals surface area contributed by atoms with E-state index in [9.17, 15) is 0 Å². The van der Waals surface area contributed by atoms with Crippen molar-refractivity contribution in [1.29, 1.82) is 0 Å². The van der Waals surface area contributed by atoms with E-state index in [-0.39, 0.29) is 0 Å². The van der Waals surface area contributed by atoms with Crippen LogP contribution in [-0.4, -0.2) is 29.6 Å². The summed E-state index contributed by atoms with van der Waals surface area (Å²) >= 11 is 0. The maximum Gasteiger partial charge on any atom is 0.119 e. The number of H-pyrrole nitrogens is 1. The molecule has 0 amide bonds. The first-order chi connectivity index (χ1) is 12.2. The van der Waals surface area contributed by atoms with Crippen LogP contribution in [0.1, 0.15) is 29.5 Å². The zero-order chi connectivity index (χ0) is 17.2. The van der Waals surface area contributed by atoms with Gasteiger partial charge in [0.1, 0.15) is 5.75 Å². The van der Waals surface area contributed by atoms with Crippen molar-refractivity contribution in [1.82, 2.24) is 9.88 Å². The van der Waals surface area contributed by atoms with Gasteiger partial charge in [-0.2, -0.15) is 0 Å². The second-order valence-corrected chi connectivity index (χ2v) is 7.18. The van der Waals surface area contributed by atoms with Crippen LogP contribution in [0.3, 0.4) is 0 Å². The maximum absolute atomic E-state index is 5.40. The fourth-order valence-corrected chi connectivity index (χ4v) is 3.97. The average Bonchev–Trinajstić information content (AvgIpc) is 3.24. The number of aromatic nitrogens is 1. The maximum atomic E-state index is 5.40. The molecule has 0 spiro atoms. The molecule has 1 aromatic heterocycles. The molecular weight excluding hydrogens is 308 g/mol. The standard InChI is InChI=1S/C22H26N2O/c1-16-5-7-17(8-6-16)15-24-11-3-4-19(24)12-18-14-23-22-10-9-20(25-2)13-21(18)22/h5-10,13-14,19,23H,3-4,11-12,15H2,1-2H3/t19-/m1/s1. The molecule has 3 aromatic rings. The number of hydrogen-bond donors (Lipinski definition) is 1. The van der Waals surface area contributed by atoms with Gasteiger partial charge in [-0.25, -0.2) is 0 Å². The molecule has 1 aliphatic heterocycles. The SMILES string of the molecule is COc1ccc2[nH]cc(C[C@H]3CCCN3Cc3ccc(C)cc3)c2c1. The quantitative estimate of drug-likeness (QED) is 0.733. The molecule has 0 saturated carbocycles. The average molecular weight is 334 g/mol. The number of likely N-dealkylation sites (tertiary alicyclic amines) is 1. The van der Waals surface area contributed by atoms with E-state index >= 15 is 0 Å². The summed E-state index contributed by atoms with van der Waals surface area (Å²) in [6.45, 7) is 4.40. The van der Waals surface area contributed by atoms with Crippen molar-refractivity contribution in [3.05, 3.63) is 65.4 Å². The second-order valence-electron chi connectivity index (χ2n) is 7.18. The summed E-state index contributed by atoms with van der Waals surface area (Å²) in [6.07, 6.45) is 5.84. The number of aromatic amines is 1. The Morgan fingerprint density at radius 3 is 2.80 bits per heavy atom. The summed E-state index contributed by atoms with van der Waals surface area (Å²) in [5.74, 6) is 0.927. The molecule has 130 valence electrons. The van der Waals surface area contributed by atoms with Crippen LogP contribution in [0.2, 0.25) is 0 Å². The van der Waals surface area contributed by atoms with Crippen LogP contribution in [0.25, 0.3) is 10.9 Å². The molecule has 0 unspecified atom stereocenters. The number of benzene rings is 2. The second kappa shape index (κ2) is 6.93. The lowest BCUT2D eigenvalue weighted by Crippen LogP contribution is -2.30. The topological polar surface area (TPSA) is 28.3 Å². The molecule has 2 heterocycles. The van der Waals surface area contributed by atoms with Gasteiger partial charge in [-0.05, 0) is 62.1 Å². The van der Waals surface area contributed by atoms with Crippen LogP contribution in [0.5, 0.6) is 5.75 Å². The van der Waals surface area contributed by atoms with Crippen LogP contribution < -0.4 is 4.74 Å². The van der Waals surface area contributed by atoms with E-state index in [0.717, 1.165) is 18.7 Å². The van der Waals surface area contributed by atoms with Gasteiger partial charge < -0.3 is 9.72 Å². The van der Waals surface area contributed by atoms with Gasteiger partial charge in [0.05, 0.1) is 7.11 Å². The molecule has 0 bridgehead atoms. The van der Waals surface area contributed by atoms with Crippen molar-refractivity contribution >= 4 is 10.9 Å². The van der Waals surface area contributed by atoms with Crippen LogP contribution in [0.4, 0.5) is 0 Å². The number of ether oxygens (including phenoxy) is 1. The Balaban J connectivity index is 1.52. The van der Waals surface area contributed by atoms with Crippen LogP contribution in [0, 0.1) is 6.92 Å². The Kier molecular flexibility index (Phi) is 4.50. The van der Waals surface area contributed by atoms with E-state index < -0.39 is 0 Å². The van der Waals surface area contributed by atoms with Crippen LogP contribution in [-0.2, 0) is 13.0 Å². The summed E-state index contributed by atoms with van der Waals surface area (Å²) < 4.78 is 5.40. The highest BCUT2D eigenvalue weighted by atomic mass is 16.5. The molecule has 1 saturated heterocycles. The number of aryl methyl sites for hydroxylation is 1. The van der Waals surface area contributed by atoms with E-state index in [1.807, 2.05) is 6.07 Å². The molecule has 3 nitrogen and oxygen atoms in total. The number of methoxy groups -OCH3 is 1. The number of fused-ring (bicyclic) bond motifs is 1. The fraction of sp³-hybridized carbons (Fsp3) is 0.364. The molecule has 2 aromatic carbocycles. The lowest BCUT2D eigenvalue weighted by molar-refractivity contribution is 0.244. The molecule has 0 radical (unpaired) electrons. The molecule has 1 N–H and O–H groups in total. The Labute approximate surface area is 149 Å². The minimum absolute atomic E-state index is 0.617. The zero-order valence-electron chi connectivity index (χ0n) is 15.1. The molecule has 25 heavy (non-hydrogen) atoms. The number of rotatable bonds is 5. The molecule has 0 aliphatic carbocycles. The Hall–Kier alpha value is -2.26. The highest BCUT2D eigenvalue weighted by Crippen LogP contribution is 2.28. The lowest BCUT2D eigenvalue weighted by Gasteiger charge is -2.24. The summed E-state index contributed by atoms with van der Waals surface area (Å²) in [7, 11) is 1.73. The first kappa shape index (κ1) is 16.2. The first-order valence-electron chi connectivity index (χ1n) is 9.16. The number of nitrogens with one attached hydrogen (secondary N) is 1. The van der Waals surface area contributed by atoms with Gasteiger partial charge in [-0.3, -0.25) is 4.90 Å². The molecule has 1 atom stereocenters. The summed E-state index contributed by atoms with van der Waals surface area (Å²) in [4.78, 5) is 6.05. The van der Waals surface area contributed by atoms with Crippen molar-refractivity contribution in [2.75, 3.05) is 13.7 Å². The van der Waals surface area contributed by atoms with E-state index in [2.05, 4.69) is 59.4 Å². The smallest absolute Gasteiger partial charge is 0.119 e. The van der Waals surface area contributed by atoms with E-state index in [4.69, 9.17) is 4.74 Å². The minimum Gasteiger partial charge on any atom is -0.497 e. The van der Waals surface area contributed by atoms with Crippen LogP contribution in [0.15, 0.2) is 48.7 Å². The summed E-state index contributed by atoms with van der Waals surface area (Å²) in [5.41, 5.74) is 5.33. The van der Waals surface area contributed by atoms with Gasteiger partial charge in [0, 0.05) is 29.7 Å². The Bertz CT molecular complexity index is 850. The molecule has 3 heteroatoms. The van der Waals surface area contributed by atoms with Gasteiger partial charge in [0.2, 0.25) is 0 Å². The van der Waals surface area contributed by atoms with Gasteiger partial charge in [0.15, 0.2) is 0 Å². The van der Waals surface area contributed by atoms with Crippen LogP contribution >= 0.6 is 0 Å². The largest absolute Gasteiger partial charge is 0.497 e. The van der Waals surface area contributed by atoms with Gasteiger partial charge in [-0.1, -0.05) is 29.8 Å². The van der Waals surface area contributed by atoms with Crippen molar-refractivity contribution < 1.29 is 4.74 Å². The van der Waals surface area contributed by atoms with Gasteiger partial charge in [-0.15, -0.1) is 0 Å². The molecular formula is C22H26N2O.